The summed E-state index contributed by atoms with van der Waals surface area (Å²) in [6, 6.07) is 0. The molecule has 3 N–H and O–H groups in total. The molecule has 93 heavy (non-hydrogen) atoms. The molecule has 0 bridgehead atoms. The van der Waals surface area contributed by atoms with Crippen LogP contribution in [0.5, 0.6) is 0 Å². The highest BCUT2D eigenvalue weighted by Gasteiger charge is 2.30. The van der Waals surface area contributed by atoms with E-state index in [1.807, 2.05) is 0 Å². The van der Waals surface area contributed by atoms with Crippen LogP contribution in [-0.2, 0) is 65.4 Å². The third-order valence-corrected chi connectivity index (χ3v) is 19.4. The number of aliphatic hydroxyl groups is 1. The van der Waals surface area contributed by atoms with E-state index in [4.69, 9.17) is 37.0 Å². The number of esters is 4. The number of carbonyl (C=O) groups is 4. The summed E-state index contributed by atoms with van der Waals surface area (Å²) in [5, 5.41) is 10.6. The van der Waals surface area contributed by atoms with Crippen molar-refractivity contribution in [2.75, 3.05) is 39.6 Å². The van der Waals surface area contributed by atoms with E-state index in [9.17, 15) is 43.2 Å². The molecule has 0 aliphatic carbocycles. The third kappa shape index (κ3) is 67.0. The molecule has 552 valence electrons. The van der Waals surface area contributed by atoms with Gasteiger partial charge in [-0.2, -0.15) is 0 Å². The second-order valence-corrected chi connectivity index (χ2v) is 30.8. The lowest BCUT2D eigenvalue weighted by Crippen LogP contribution is -2.30. The lowest BCUT2D eigenvalue weighted by molar-refractivity contribution is -0.161. The quantitative estimate of drug-likeness (QED) is 0.0222. The number of hydrogen-bond donors (Lipinski definition) is 3. The van der Waals surface area contributed by atoms with Crippen LogP contribution in [-0.4, -0.2) is 96.7 Å². The van der Waals surface area contributed by atoms with Gasteiger partial charge >= 0.3 is 39.5 Å². The molecule has 0 aliphatic heterocycles. The highest BCUT2D eigenvalue weighted by molar-refractivity contribution is 7.47. The molecule has 6 atom stereocenters. The van der Waals surface area contributed by atoms with Crippen LogP contribution >= 0.6 is 15.6 Å². The van der Waals surface area contributed by atoms with E-state index in [1.165, 1.54) is 186 Å². The van der Waals surface area contributed by atoms with Gasteiger partial charge in [-0.3, -0.25) is 37.3 Å². The van der Waals surface area contributed by atoms with Crippen molar-refractivity contribution in [3.63, 3.8) is 0 Å². The monoisotopic (exact) mass is 1370 g/mol. The van der Waals surface area contributed by atoms with E-state index in [0.717, 1.165) is 108 Å². The molecule has 0 amide bonds. The fourth-order valence-corrected chi connectivity index (χ4v) is 12.8. The fraction of sp³-hybridized carbons (Fsp3) is 0.946. The average molecular weight is 1370 g/mol. The maximum absolute atomic E-state index is 13.1. The number of aliphatic hydroxyl groups excluding tert-OH is 1. The second kappa shape index (κ2) is 64.7. The number of phosphoric ester groups is 2. The normalized spacial score (nSPS) is 14.4. The minimum absolute atomic E-state index is 0.105. The van der Waals surface area contributed by atoms with Gasteiger partial charge in [0.1, 0.15) is 19.3 Å². The maximum Gasteiger partial charge on any atom is 0.472 e. The molecule has 19 heteroatoms. The summed E-state index contributed by atoms with van der Waals surface area (Å²) in [6.07, 6.45) is 49.8. The summed E-state index contributed by atoms with van der Waals surface area (Å²) < 4.78 is 68.4. The first-order chi connectivity index (χ1) is 44.8. The Morgan fingerprint density at radius 2 is 0.548 bits per heavy atom. The van der Waals surface area contributed by atoms with Crippen LogP contribution in [0, 0.1) is 17.8 Å². The van der Waals surface area contributed by atoms with Crippen molar-refractivity contribution in [1.29, 1.82) is 0 Å². The summed E-state index contributed by atoms with van der Waals surface area (Å²) >= 11 is 0. The molecule has 0 rings (SSSR count). The Bertz CT molecular complexity index is 1820. The molecule has 0 fully saturated rings. The Hall–Kier alpha value is -1.94. The number of rotatable bonds is 72. The predicted octanol–water partition coefficient (Wildman–Crippen LogP) is 21.4. The molecule has 0 spiro atoms. The molecule has 0 aromatic heterocycles. The van der Waals surface area contributed by atoms with Crippen LogP contribution in [0.2, 0.25) is 0 Å². The first-order valence-electron chi connectivity index (χ1n) is 38.4. The average Bonchev–Trinajstić information content (AvgIpc) is 1.46. The van der Waals surface area contributed by atoms with Crippen LogP contribution < -0.4 is 0 Å². The van der Waals surface area contributed by atoms with Crippen LogP contribution in [0.3, 0.4) is 0 Å². The van der Waals surface area contributed by atoms with Gasteiger partial charge in [-0.1, -0.05) is 325 Å². The molecule has 0 aromatic carbocycles. The largest absolute Gasteiger partial charge is 0.472 e. The Morgan fingerprint density at radius 1 is 0.312 bits per heavy atom. The first-order valence-corrected chi connectivity index (χ1v) is 41.4. The molecule has 0 radical (unpaired) electrons. The standard InChI is InChI=1S/C74H144O17P2/c1-8-10-11-12-13-14-26-34-41-48-55-71(76)84-62-70(91-74(79)58-51-44-37-30-29-33-40-47-54-67(7)9-2)64-89-93(82,83)87-60-68(75)59-86-92(80,81)88-63-69(61-85-72(77)56-49-42-35-27-23-22-25-32-39-46-53-66(5)6)90-73(78)57-50-43-36-28-21-19-17-15-16-18-20-24-31-38-45-52-65(3)4/h65-70,75H,8-64H2,1-7H3,(H,80,81)(H,82,83)/t67?,68-,69-,70-/m1/s1. The van der Waals surface area contributed by atoms with Crippen molar-refractivity contribution in [2.24, 2.45) is 17.8 Å². The van der Waals surface area contributed by atoms with Crippen LogP contribution in [0.4, 0.5) is 0 Å². The Kier molecular flexibility index (Phi) is 63.4. The summed E-state index contributed by atoms with van der Waals surface area (Å²) in [6.45, 7) is 11.9. The van der Waals surface area contributed by atoms with E-state index < -0.39 is 97.5 Å². The summed E-state index contributed by atoms with van der Waals surface area (Å²) in [7, 11) is -9.91. The summed E-state index contributed by atoms with van der Waals surface area (Å²) in [5.41, 5.74) is 0. The Balaban J connectivity index is 5.24. The third-order valence-electron chi connectivity index (χ3n) is 17.5. The smallest absolute Gasteiger partial charge is 0.462 e. The molecule has 0 saturated heterocycles. The van der Waals surface area contributed by atoms with Crippen LogP contribution in [0.25, 0.3) is 0 Å². The van der Waals surface area contributed by atoms with Gasteiger partial charge in [0, 0.05) is 25.7 Å². The lowest BCUT2D eigenvalue weighted by atomic mass is 9.99. The van der Waals surface area contributed by atoms with Crippen molar-refractivity contribution in [3.8, 4) is 0 Å². The fourth-order valence-electron chi connectivity index (χ4n) is 11.2. The second-order valence-electron chi connectivity index (χ2n) is 27.9. The van der Waals surface area contributed by atoms with Crippen molar-refractivity contribution < 1.29 is 80.2 Å². The van der Waals surface area contributed by atoms with Gasteiger partial charge in [-0.05, 0) is 43.4 Å². The van der Waals surface area contributed by atoms with E-state index in [2.05, 4.69) is 48.5 Å². The van der Waals surface area contributed by atoms with Gasteiger partial charge in [-0.15, -0.1) is 0 Å². The number of unbranched alkanes of at least 4 members (excludes halogenated alkanes) is 39. The predicted molar refractivity (Wildman–Crippen MR) is 377 cm³/mol. The molecule has 17 nitrogen and oxygen atoms in total. The van der Waals surface area contributed by atoms with Crippen LogP contribution in [0.1, 0.15) is 376 Å². The first kappa shape index (κ1) is 91.1. The molecule has 0 heterocycles. The van der Waals surface area contributed by atoms with Gasteiger partial charge in [0.2, 0.25) is 0 Å². The van der Waals surface area contributed by atoms with Gasteiger partial charge < -0.3 is 33.8 Å². The Morgan fingerprint density at radius 3 is 0.817 bits per heavy atom. The van der Waals surface area contributed by atoms with E-state index in [-0.39, 0.29) is 25.7 Å². The summed E-state index contributed by atoms with van der Waals surface area (Å²) in [5.74, 6) is 0.209. The van der Waals surface area contributed by atoms with E-state index in [1.54, 1.807) is 0 Å². The molecule has 0 saturated carbocycles. The van der Waals surface area contributed by atoms with Crippen LogP contribution in [0.15, 0.2) is 0 Å². The van der Waals surface area contributed by atoms with E-state index in [0.29, 0.717) is 25.7 Å². The Labute approximate surface area is 568 Å². The van der Waals surface area contributed by atoms with Crippen molar-refractivity contribution >= 4 is 39.5 Å². The highest BCUT2D eigenvalue weighted by Crippen LogP contribution is 2.45. The number of carbonyl (C=O) groups excluding carboxylic acids is 4. The lowest BCUT2D eigenvalue weighted by Gasteiger charge is -2.21. The minimum Gasteiger partial charge on any atom is -0.462 e. The zero-order valence-electron chi connectivity index (χ0n) is 60.7. The van der Waals surface area contributed by atoms with Crippen molar-refractivity contribution in [2.45, 2.75) is 394 Å². The number of hydrogen-bond acceptors (Lipinski definition) is 15. The van der Waals surface area contributed by atoms with Gasteiger partial charge in [0.05, 0.1) is 26.4 Å². The molecule has 0 aromatic rings. The molecule has 3 unspecified atom stereocenters. The minimum atomic E-state index is -4.96. The van der Waals surface area contributed by atoms with Crippen molar-refractivity contribution in [1.82, 2.24) is 0 Å². The van der Waals surface area contributed by atoms with Gasteiger partial charge in [0.15, 0.2) is 12.2 Å². The van der Waals surface area contributed by atoms with Gasteiger partial charge in [-0.25, -0.2) is 9.13 Å². The topological polar surface area (TPSA) is 237 Å². The zero-order valence-corrected chi connectivity index (χ0v) is 62.5. The van der Waals surface area contributed by atoms with Crippen molar-refractivity contribution in [3.05, 3.63) is 0 Å². The maximum atomic E-state index is 13.1. The van der Waals surface area contributed by atoms with Gasteiger partial charge in [0.25, 0.3) is 0 Å². The molecular weight excluding hydrogens is 1220 g/mol. The zero-order chi connectivity index (χ0) is 68.7. The molecular formula is C74H144O17P2. The highest BCUT2D eigenvalue weighted by atomic mass is 31.2. The van der Waals surface area contributed by atoms with E-state index >= 15 is 0 Å². The SMILES string of the molecule is CCCCCCCCCCCCC(=O)OC[C@H](COP(=O)(O)OC[C@H](O)COP(=O)(O)OC[C@@H](COC(=O)CCCCCCCCCCCCC(C)C)OC(=O)CCCCCCCCCCCCCCCCCC(C)C)OC(=O)CCCCCCCCCCC(C)CC. The summed E-state index contributed by atoms with van der Waals surface area (Å²) in [4.78, 5) is 72.7. The number of ether oxygens (including phenoxy) is 4. The number of phosphoric acid groups is 2. The molecule has 0 aliphatic rings.